The van der Waals surface area contributed by atoms with Gasteiger partial charge in [-0.25, -0.2) is 11.7 Å². The lowest BCUT2D eigenvalue weighted by molar-refractivity contribution is -1.11. The molecular formula is C25H33N9O6. The summed E-state index contributed by atoms with van der Waals surface area (Å²) in [6, 6.07) is 23.2. The summed E-state index contributed by atoms with van der Waals surface area (Å²) in [6.07, 6.45) is 0.151. The quantitative estimate of drug-likeness (QED) is 0.0974. The lowest BCUT2D eigenvalue weighted by Crippen LogP contribution is -3.20. The number of hydrogen-bond donors (Lipinski definition) is 5. The van der Waals surface area contributed by atoms with Gasteiger partial charge in [0.15, 0.2) is 0 Å². The smallest absolute Gasteiger partial charge is 0.131 e. The van der Waals surface area contributed by atoms with Crippen LogP contribution in [0, 0.1) is 15.6 Å². The zero-order valence-corrected chi connectivity index (χ0v) is 21.6. The largest absolute Gasteiger partial charge is 0.598 e. The molecule has 1 aliphatic rings. The minimum absolute atomic E-state index is 0.0504. The molecule has 40 heavy (non-hydrogen) atoms. The second kappa shape index (κ2) is 14.1. The molecule has 0 radical (unpaired) electrons. The van der Waals surface area contributed by atoms with E-state index < -0.39 is 33.8 Å². The van der Waals surface area contributed by atoms with Crippen LogP contribution < -0.4 is 42.9 Å². The van der Waals surface area contributed by atoms with Crippen LogP contribution >= 0.6 is 0 Å². The van der Waals surface area contributed by atoms with E-state index in [4.69, 9.17) is 26.5 Å². The first kappa shape index (κ1) is 29.3. The van der Waals surface area contributed by atoms with E-state index in [2.05, 4.69) is 11.8 Å². The highest BCUT2D eigenvalue weighted by Crippen LogP contribution is 2.18. The van der Waals surface area contributed by atoms with Gasteiger partial charge in [0.1, 0.15) is 18.1 Å². The third-order valence-corrected chi connectivity index (χ3v) is 6.39. The molecule has 3 aromatic carbocycles. The molecule has 1 saturated carbocycles. The number of para-hydroxylation sites is 3. The lowest BCUT2D eigenvalue weighted by atomic mass is 9.88. The van der Waals surface area contributed by atoms with Gasteiger partial charge in [0.2, 0.25) is 0 Å². The van der Waals surface area contributed by atoms with Crippen molar-refractivity contribution in [1.29, 1.82) is 0 Å². The summed E-state index contributed by atoms with van der Waals surface area (Å²) in [5.74, 6) is 11.9. The maximum Gasteiger partial charge on any atom is 0.131 e. The SMILES string of the molecule is C=NN(O[NH+]([O-])C1CC([NH+]([O-])ON(N)c2ccccc2)CC([NH+]([O-])ON(N)c2ccccc2)C1)c1ccccc1. The van der Waals surface area contributed by atoms with E-state index in [9.17, 15) is 15.6 Å². The molecule has 15 heteroatoms. The predicted octanol–water partition coefficient (Wildman–Crippen LogP) is -1.15. The van der Waals surface area contributed by atoms with Crippen LogP contribution in [0.3, 0.4) is 0 Å². The van der Waals surface area contributed by atoms with E-state index in [-0.39, 0.29) is 19.3 Å². The molecule has 214 valence electrons. The van der Waals surface area contributed by atoms with Gasteiger partial charge in [-0.3, -0.25) is 0 Å². The Morgan fingerprint density at radius 1 is 0.600 bits per heavy atom. The van der Waals surface area contributed by atoms with Crippen molar-refractivity contribution in [2.75, 3.05) is 15.5 Å². The Labute approximate surface area is 230 Å². The number of hydroxylamine groups is 6. The van der Waals surface area contributed by atoms with Crippen molar-refractivity contribution < 1.29 is 30.5 Å². The summed E-state index contributed by atoms with van der Waals surface area (Å²) in [6.45, 7) is 3.46. The topological polar surface area (TPSA) is 184 Å². The molecule has 5 unspecified atom stereocenters. The summed E-state index contributed by atoms with van der Waals surface area (Å²) >= 11 is 0. The van der Waals surface area contributed by atoms with E-state index in [0.717, 1.165) is 15.5 Å². The molecule has 7 N–H and O–H groups in total. The average Bonchev–Trinajstić information content (AvgIpc) is 3.00. The van der Waals surface area contributed by atoms with Gasteiger partial charge in [-0.15, -0.1) is 10.3 Å². The molecule has 15 nitrogen and oxygen atoms in total. The highest BCUT2D eigenvalue weighted by atomic mass is 17.0. The number of rotatable bonds is 13. The summed E-state index contributed by atoms with van der Waals surface area (Å²) < 4.78 is 0. The van der Waals surface area contributed by atoms with Crippen molar-refractivity contribution in [2.24, 2.45) is 16.8 Å². The lowest BCUT2D eigenvalue weighted by Gasteiger charge is -2.42. The van der Waals surface area contributed by atoms with Crippen molar-refractivity contribution >= 4 is 23.8 Å². The Hall–Kier alpha value is -3.71. The van der Waals surface area contributed by atoms with Crippen molar-refractivity contribution in [1.82, 2.24) is 0 Å². The van der Waals surface area contributed by atoms with Gasteiger partial charge in [-0.1, -0.05) is 74.6 Å². The number of hydrazone groups is 1. The van der Waals surface area contributed by atoms with Crippen LogP contribution in [0.1, 0.15) is 19.3 Å². The third-order valence-electron chi connectivity index (χ3n) is 6.39. The molecular weight excluding hydrogens is 522 g/mol. The first-order chi connectivity index (χ1) is 19.4. The third kappa shape index (κ3) is 7.69. The van der Waals surface area contributed by atoms with Crippen molar-refractivity contribution in [3.05, 3.63) is 107 Å². The number of nitrogens with zero attached hydrogens (tertiary/aromatic N) is 4. The van der Waals surface area contributed by atoms with Gasteiger partial charge in [0, 0.05) is 6.72 Å². The predicted molar refractivity (Wildman–Crippen MR) is 146 cm³/mol. The van der Waals surface area contributed by atoms with Crippen LogP contribution in [0.25, 0.3) is 0 Å². The second-order valence-corrected chi connectivity index (χ2v) is 9.10. The Balaban J connectivity index is 1.48. The summed E-state index contributed by atoms with van der Waals surface area (Å²) in [5, 5.41) is 43.8. The number of anilines is 3. The number of hydrogen-bond acceptors (Lipinski definition) is 12. The Bertz CT molecular complexity index is 1110. The summed E-state index contributed by atoms with van der Waals surface area (Å²) in [4.78, 5) is 16.2. The standard InChI is InChI=1S/C25H33N9O6/c1-28-31(22-15-9-4-10-16-22)40-34(37)25-18-23(32(35)38-29(26)20-11-5-2-6-12-20)17-24(19-25)33(36)39-30(27)21-13-7-3-8-14-21/h2-16,23-25,32-34H,1,17-19,26-27H2. The number of nitrogens with two attached hydrogens (primary N) is 2. The van der Waals surface area contributed by atoms with Gasteiger partial charge in [-0.2, -0.15) is 20.8 Å². The van der Waals surface area contributed by atoms with E-state index >= 15 is 0 Å². The molecule has 1 aliphatic carbocycles. The Morgan fingerprint density at radius 3 is 1.27 bits per heavy atom. The van der Waals surface area contributed by atoms with Gasteiger partial charge < -0.3 is 15.6 Å². The number of benzene rings is 3. The van der Waals surface area contributed by atoms with Crippen LogP contribution in [0.2, 0.25) is 0 Å². The molecule has 0 heterocycles. The fraction of sp³-hybridized carbons (Fsp3) is 0.240. The molecule has 5 atom stereocenters. The van der Waals surface area contributed by atoms with Gasteiger partial charge in [0.25, 0.3) is 0 Å². The molecule has 0 aliphatic heterocycles. The molecule has 0 bridgehead atoms. The molecule has 4 rings (SSSR count). The van der Waals surface area contributed by atoms with Crippen molar-refractivity contribution in [3.8, 4) is 0 Å². The fourth-order valence-electron chi connectivity index (χ4n) is 4.37. The van der Waals surface area contributed by atoms with Gasteiger partial charge in [-0.05, 0) is 36.4 Å². The van der Waals surface area contributed by atoms with Gasteiger partial charge >= 0.3 is 0 Å². The van der Waals surface area contributed by atoms with Crippen molar-refractivity contribution in [3.63, 3.8) is 0 Å². The van der Waals surface area contributed by atoms with Crippen molar-refractivity contribution in [2.45, 2.75) is 37.4 Å². The monoisotopic (exact) mass is 555 g/mol. The summed E-state index contributed by atoms with van der Waals surface area (Å²) in [7, 11) is 0. The summed E-state index contributed by atoms with van der Waals surface area (Å²) in [5.41, 5.74) is 1.35. The maximum absolute atomic E-state index is 13.2. The van der Waals surface area contributed by atoms with E-state index in [1.165, 1.54) is 0 Å². The zero-order valence-electron chi connectivity index (χ0n) is 21.6. The number of hydrazine groups is 2. The Morgan fingerprint density at radius 2 is 0.925 bits per heavy atom. The Kier molecular flexibility index (Phi) is 10.3. The van der Waals surface area contributed by atoms with Crippen LogP contribution in [0.15, 0.2) is 96.1 Å². The molecule has 0 amide bonds. The van der Waals surface area contributed by atoms with Gasteiger partial charge in [0.05, 0.1) is 36.3 Å². The fourth-order valence-corrected chi connectivity index (χ4v) is 4.37. The highest BCUT2D eigenvalue weighted by molar-refractivity contribution is 5.44. The minimum Gasteiger partial charge on any atom is -0.598 e. The zero-order chi connectivity index (χ0) is 28.5. The first-order valence-corrected chi connectivity index (χ1v) is 12.5. The molecule has 1 fully saturated rings. The van der Waals surface area contributed by atoms with E-state index in [1.807, 2.05) is 0 Å². The second-order valence-electron chi connectivity index (χ2n) is 9.10. The van der Waals surface area contributed by atoms with Crippen LogP contribution in [0.5, 0.6) is 0 Å². The van der Waals surface area contributed by atoms with Crippen LogP contribution in [0.4, 0.5) is 17.1 Å². The highest BCUT2D eigenvalue weighted by Gasteiger charge is 2.42. The maximum atomic E-state index is 13.2. The van der Waals surface area contributed by atoms with E-state index in [0.29, 0.717) is 17.1 Å². The van der Waals surface area contributed by atoms with Crippen LogP contribution in [-0.2, 0) is 14.8 Å². The molecule has 3 aromatic rings. The number of quaternary nitrogens is 3. The van der Waals surface area contributed by atoms with Crippen LogP contribution in [-0.4, -0.2) is 24.8 Å². The average molecular weight is 556 g/mol. The normalized spacial score (nSPS) is 21.2. The molecule has 0 saturated heterocycles. The molecule has 0 aromatic heterocycles. The molecule has 0 spiro atoms. The first-order valence-electron chi connectivity index (χ1n) is 12.5. The minimum atomic E-state index is -0.872. The number of nitrogens with one attached hydrogen (secondary N) is 3. The van der Waals surface area contributed by atoms with E-state index in [1.54, 1.807) is 91.0 Å².